The SMILES string of the molecule is O=C(CN1C(=O)NC2(CCOc3ccccc32)C1=O)Nc1cc(Cl)ccc1[N+](=O)[O-]. The van der Waals surface area contributed by atoms with Crippen molar-refractivity contribution in [2.45, 2.75) is 12.0 Å². The van der Waals surface area contributed by atoms with Crippen LogP contribution in [0.3, 0.4) is 0 Å². The highest BCUT2D eigenvalue weighted by atomic mass is 35.5. The Morgan fingerprint density at radius 2 is 2.07 bits per heavy atom. The van der Waals surface area contributed by atoms with Gasteiger partial charge in [0.05, 0.1) is 11.5 Å². The van der Waals surface area contributed by atoms with Crippen LogP contribution in [0.1, 0.15) is 12.0 Å². The first kappa shape index (κ1) is 19.6. The van der Waals surface area contributed by atoms with Gasteiger partial charge < -0.3 is 15.4 Å². The summed E-state index contributed by atoms with van der Waals surface area (Å²) in [5, 5.41) is 16.4. The van der Waals surface area contributed by atoms with Crippen molar-refractivity contribution in [1.29, 1.82) is 0 Å². The van der Waals surface area contributed by atoms with Crippen LogP contribution < -0.4 is 15.4 Å². The predicted molar refractivity (Wildman–Crippen MR) is 105 cm³/mol. The molecule has 4 amide bonds. The third kappa shape index (κ3) is 3.20. The third-order valence-electron chi connectivity index (χ3n) is 4.99. The average Bonchev–Trinajstić information content (AvgIpc) is 2.93. The molecule has 0 radical (unpaired) electrons. The number of carbonyl (C=O) groups is 3. The maximum Gasteiger partial charge on any atom is 0.325 e. The topological polar surface area (TPSA) is 131 Å². The third-order valence-corrected chi connectivity index (χ3v) is 5.22. The number of rotatable bonds is 4. The van der Waals surface area contributed by atoms with E-state index in [2.05, 4.69) is 10.6 Å². The van der Waals surface area contributed by atoms with Crippen LogP contribution >= 0.6 is 11.6 Å². The largest absolute Gasteiger partial charge is 0.493 e. The zero-order valence-corrected chi connectivity index (χ0v) is 16.1. The van der Waals surface area contributed by atoms with Gasteiger partial charge in [-0.15, -0.1) is 0 Å². The molecule has 2 N–H and O–H groups in total. The van der Waals surface area contributed by atoms with Crippen LogP contribution in [0.2, 0.25) is 5.02 Å². The maximum atomic E-state index is 13.2. The number of nitrogens with zero attached hydrogens (tertiary/aromatic N) is 2. The molecule has 2 aromatic carbocycles. The van der Waals surface area contributed by atoms with Crippen molar-refractivity contribution in [3.8, 4) is 5.75 Å². The molecule has 0 aromatic heterocycles. The molecule has 2 aliphatic rings. The van der Waals surface area contributed by atoms with Gasteiger partial charge in [0, 0.05) is 23.1 Å². The Morgan fingerprint density at radius 1 is 1.30 bits per heavy atom. The van der Waals surface area contributed by atoms with Crippen LogP contribution in [0.5, 0.6) is 5.75 Å². The van der Waals surface area contributed by atoms with Crippen LogP contribution in [-0.4, -0.2) is 40.8 Å². The van der Waals surface area contributed by atoms with E-state index in [4.69, 9.17) is 16.3 Å². The average molecular weight is 431 g/mol. The summed E-state index contributed by atoms with van der Waals surface area (Å²) in [6.45, 7) is -0.392. The summed E-state index contributed by atoms with van der Waals surface area (Å²) < 4.78 is 5.56. The first-order valence-electron chi connectivity index (χ1n) is 8.92. The summed E-state index contributed by atoms with van der Waals surface area (Å²) in [5.74, 6) is -0.876. The molecule has 154 valence electrons. The van der Waals surface area contributed by atoms with Gasteiger partial charge in [0.1, 0.15) is 18.0 Å². The van der Waals surface area contributed by atoms with Gasteiger partial charge in [-0.3, -0.25) is 24.6 Å². The molecule has 0 saturated carbocycles. The second kappa shape index (κ2) is 7.30. The number of para-hydroxylation sites is 1. The van der Waals surface area contributed by atoms with E-state index in [0.717, 1.165) is 11.0 Å². The van der Waals surface area contributed by atoms with Gasteiger partial charge in [-0.1, -0.05) is 29.8 Å². The van der Waals surface area contributed by atoms with Crippen LogP contribution in [0, 0.1) is 10.1 Å². The van der Waals surface area contributed by atoms with Gasteiger partial charge in [0.15, 0.2) is 5.54 Å². The number of anilines is 1. The van der Waals surface area contributed by atoms with E-state index in [-0.39, 0.29) is 29.4 Å². The molecular formula is C19H15ClN4O6. The standard InChI is InChI=1S/C19H15ClN4O6/c20-11-5-6-14(24(28)29)13(9-11)21-16(25)10-23-17(26)19(22-18(23)27)7-8-30-15-4-2-1-3-12(15)19/h1-6,9H,7-8,10H2,(H,21,25)(H,22,27). The Bertz CT molecular complexity index is 1090. The number of imide groups is 1. The minimum atomic E-state index is -1.31. The molecule has 2 aliphatic heterocycles. The monoisotopic (exact) mass is 430 g/mol. The predicted octanol–water partition coefficient (Wildman–Crippen LogP) is 2.42. The molecule has 1 unspecified atom stereocenters. The molecule has 10 nitrogen and oxygen atoms in total. The minimum absolute atomic E-state index is 0.129. The van der Waals surface area contributed by atoms with Crippen LogP contribution in [0.4, 0.5) is 16.2 Å². The molecule has 11 heteroatoms. The van der Waals surface area contributed by atoms with Crippen LogP contribution in [0.15, 0.2) is 42.5 Å². The van der Waals surface area contributed by atoms with E-state index in [0.29, 0.717) is 11.3 Å². The number of urea groups is 1. The summed E-state index contributed by atoms with van der Waals surface area (Å²) in [5.41, 5.74) is -1.28. The first-order chi connectivity index (χ1) is 14.3. The number of amides is 4. The van der Waals surface area contributed by atoms with Gasteiger partial charge in [-0.2, -0.15) is 0 Å². The van der Waals surface area contributed by atoms with Gasteiger partial charge in [-0.05, 0) is 18.2 Å². The van der Waals surface area contributed by atoms with E-state index in [1.54, 1.807) is 24.3 Å². The number of nitrogens with one attached hydrogen (secondary N) is 2. The fourth-order valence-corrected chi connectivity index (χ4v) is 3.79. The molecule has 0 bridgehead atoms. The molecule has 2 aromatic rings. The van der Waals surface area contributed by atoms with Crippen molar-refractivity contribution in [1.82, 2.24) is 10.2 Å². The van der Waals surface area contributed by atoms with Crippen molar-refractivity contribution in [3.63, 3.8) is 0 Å². The summed E-state index contributed by atoms with van der Waals surface area (Å²) in [6, 6.07) is 9.82. The minimum Gasteiger partial charge on any atom is -0.493 e. The van der Waals surface area contributed by atoms with Crippen LogP contribution in [0.25, 0.3) is 0 Å². The summed E-state index contributed by atoms with van der Waals surface area (Å²) >= 11 is 5.85. The van der Waals surface area contributed by atoms with Gasteiger partial charge in [0.2, 0.25) is 5.91 Å². The molecule has 0 aliphatic carbocycles. The lowest BCUT2D eigenvalue weighted by molar-refractivity contribution is -0.383. The second-order valence-corrected chi connectivity index (χ2v) is 7.22. The lowest BCUT2D eigenvalue weighted by atomic mass is 9.84. The number of carbonyl (C=O) groups excluding carboxylic acids is 3. The van der Waals surface area contributed by atoms with Crippen molar-refractivity contribution in [3.05, 3.63) is 63.2 Å². The fraction of sp³-hybridized carbons (Fsp3) is 0.211. The quantitative estimate of drug-likeness (QED) is 0.435. The number of hydrogen-bond acceptors (Lipinski definition) is 6. The van der Waals surface area contributed by atoms with E-state index >= 15 is 0 Å². The molecule has 1 saturated heterocycles. The molecule has 4 rings (SSSR count). The summed E-state index contributed by atoms with van der Waals surface area (Å²) in [4.78, 5) is 49.4. The molecule has 30 heavy (non-hydrogen) atoms. The van der Waals surface area contributed by atoms with Crippen molar-refractivity contribution in [2.24, 2.45) is 0 Å². The zero-order valence-electron chi connectivity index (χ0n) is 15.4. The molecule has 2 heterocycles. The second-order valence-electron chi connectivity index (χ2n) is 6.79. The molecule has 1 spiro atoms. The Labute approximate surface area is 174 Å². The molecule has 1 atom stereocenters. The number of hydrogen-bond donors (Lipinski definition) is 2. The fourth-order valence-electron chi connectivity index (χ4n) is 3.62. The number of benzene rings is 2. The van der Waals surface area contributed by atoms with Crippen molar-refractivity contribution >= 4 is 40.8 Å². The Morgan fingerprint density at radius 3 is 2.83 bits per heavy atom. The Balaban J connectivity index is 1.56. The molecular weight excluding hydrogens is 416 g/mol. The highest BCUT2D eigenvalue weighted by Crippen LogP contribution is 2.41. The van der Waals surface area contributed by atoms with E-state index < -0.39 is 34.9 Å². The first-order valence-corrected chi connectivity index (χ1v) is 9.30. The van der Waals surface area contributed by atoms with Gasteiger partial charge >= 0.3 is 6.03 Å². The van der Waals surface area contributed by atoms with Crippen molar-refractivity contribution in [2.75, 3.05) is 18.5 Å². The highest BCUT2D eigenvalue weighted by Gasteiger charge is 2.55. The van der Waals surface area contributed by atoms with Crippen LogP contribution in [-0.2, 0) is 15.1 Å². The summed E-state index contributed by atoms with van der Waals surface area (Å²) in [7, 11) is 0. The number of fused-ring (bicyclic) bond motifs is 2. The zero-order chi connectivity index (χ0) is 21.5. The lowest BCUT2D eigenvalue weighted by Gasteiger charge is -2.33. The normalized spacial score (nSPS) is 19.8. The number of halogens is 1. The van der Waals surface area contributed by atoms with Gasteiger partial charge in [-0.25, -0.2) is 4.79 Å². The number of nitro groups is 1. The van der Waals surface area contributed by atoms with E-state index in [9.17, 15) is 24.5 Å². The Kier molecular flexibility index (Phi) is 4.78. The van der Waals surface area contributed by atoms with Gasteiger partial charge in [0.25, 0.3) is 11.6 Å². The van der Waals surface area contributed by atoms with E-state index in [1.807, 2.05) is 0 Å². The molecule has 1 fully saturated rings. The number of nitro benzene ring substituents is 1. The Hall–Kier alpha value is -3.66. The highest BCUT2D eigenvalue weighted by molar-refractivity contribution is 6.31. The maximum absolute atomic E-state index is 13.2. The number of ether oxygens (including phenoxy) is 1. The summed E-state index contributed by atoms with van der Waals surface area (Å²) in [6.07, 6.45) is 0.215. The lowest BCUT2D eigenvalue weighted by Crippen LogP contribution is -2.48. The smallest absolute Gasteiger partial charge is 0.325 e. The van der Waals surface area contributed by atoms with E-state index in [1.165, 1.54) is 12.1 Å². The van der Waals surface area contributed by atoms with Crippen molar-refractivity contribution < 1.29 is 24.0 Å².